The number of ether oxygens (including phenoxy) is 1. The predicted octanol–water partition coefficient (Wildman–Crippen LogP) is 5.02. The number of anilines is 1. The predicted molar refractivity (Wildman–Crippen MR) is 153 cm³/mol. The van der Waals surface area contributed by atoms with E-state index in [2.05, 4.69) is 5.32 Å². The maximum Gasteiger partial charge on any atom is 0.264 e. The topological polar surface area (TPSA) is 96.0 Å². The van der Waals surface area contributed by atoms with Crippen LogP contribution in [0.1, 0.15) is 33.3 Å². The molecule has 2 amide bonds. The molecule has 0 aliphatic heterocycles. The van der Waals surface area contributed by atoms with Gasteiger partial charge in [0.15, 0.2) is 0 Å². The van der Waals surface area contributed by atoms with Gasteiger partial charge in [-0.2, -0.15) is 0 Å². The molecule has 11 heteroatoms. The fourth-order valence-corrected chi connectivity index (χ4v) is 5.45. The molecule has 0 bridgehead atoms. The molecule has 3 aromatic rings. The van der Waals surface area contributed by atoms with Crippen LogP contribution in [0.3, 0.4) is 0 Å². The highest BCUT2D eigenvalue weighted by molar-refractivity contribution is 7.92. The van der Waals surface area contributed by atoms with E-state index in [9.17, 15) is 22.4 Å². The third kappa shape index (κ3) is 7.95. The van der Waals surface area contributed by atoms with Crippen LogP contribution in [0.4, 0.5) is 10.1 Å². The van der Waals surface area contributed by atoms with E-state index in [1.807, 2.05) is 6.92 Å². The van der Waals surface area contributed by atoms with Gasteiger partial charge in [0.05, 0.1) is 17.2 Å². The highest BCUT2D eigenvalue weighted by Gasteiger charge is 2.32. The van der Waals surface area contributed by atoms with E-state index in [0.717, 1.165) is 4.31 Å². The first kappa shape index (κ1) is 30.9. The molecule has 0 spiro atoms. The molecule has 0 fully saturated rings. The number of rotatable bonds is 12. The van der Waals surface area contributed by atoms with Crippen molar-refractivity contribution in [2.24, 2.45) is 0 Å². The van der Waals surface area contributed by atoms with E-state index < -0.39 is 40.2 Å². The Morgan fingerprint density at radius 3 is 2.10 bits per heavy atom. The first-order valence-corrected chi connectivity index (χ1v) is 14.6. The lowest BCUT2D eigenvalue weighted by atomic mass is 10.1. The third-order valence-electron chi connectivity index (χ3n) is 5.98. The zero-order chi connectivity index (χ0) is 29.4. The molecule has 0 aromatic heterocycles. The smallest absolute Gasteiger partial charge is 0.264 e. The van der Waals surface area contributed by atoms with E-state index in [1.165, 1.54) is 53.4 Å². The van der Waals surface area contributed by atoms with Gasteiger partial charge in [-0.25, -0.2) is 12.8 Å². The van der Waals surface area contributed by atoms with Gasteiger partial charge in [-0.3, -0.25) is 13.9 Å². The van der Waals surface area contributed by atoms with Crippen molar-refractivity contribution in [3.05, 3.63) is 89.2 Å². The lowest BCUT2D eigenvalue weighted by Gasteiger charge is -2.32. The second-order valence-corrected chi connectivity index (χ2v) is 11.7. The van der Waals surface area contributed by atoms with Crippen molar-refractivity contribution < 1.29 is 27.1 Å². The Balaban J connectivity index is 2.02. The number of hydrogen-bond acceptors (Lipinski definition) is 5. The van der Waals surface area contributed by atoms with Crippen molar-refractivity contribution in [3.63, 3.8) is 0 Å². The zero-order valence-corrected chi connectivity index (χ0v) is 24.4. The number of benzene rings is 3. The summed E-state index contributed by atoms with van der Waals surface area (Å²) in [4.78, 5) is 28.0. The maximum absolute atomic E-state index is 13.9. The van der Waals surface area contributed by atoms with Gasteiger partial charge in [-0.1, -0.05) is 23.7 Å². The van der Waals surface area contributed by atoms with Crippen molar-refractivity contribution in [2.45, 2.75) is 51.2 Å². The van der Waals surface area contributed by atoms with Crippen LogP contribution in [0.15, 0.2) is 77.7 Å². The summed E-state index contributed by atoms with van der Waals surface area (Å²) in [5.74, 6) is -0.929. The van der Waals surface area contributed by atoms with Crippen LogP contribution < -0.4 is 14.4 Å². The average Bonchev–Trinajstić information content (AvgIpc) is 2.91. The number of sulfonamides is 1. The number of carbonyl (C=O) groups excluding carboxylic acids is 2. The highest BCUT2D eigenvalue weighted by atomic mass is 35.5. The van der Waals surface area contributed by atoms with E-state index in [0.29, 0.717) is 22.9 Å². The van der Waals surface area contributed by atoms with Gasteiger partial charge in [-0.15, -0.1) is 0 Å². The lowest BCUT2D eigenvalue weighted by Crippen LogP contribution is -2.52. The second kappa shape index (κ2) is 13.6. The molecule has 0 aliphatic rings. The summed E-state index contributed by atoms with van der Waals surface area (Å²) in [6.45, 7) is 6.78. The summed E-state index contributed by atoms with van der Waals surface area (Å²) in [7, 11) is -4.23. The van der Waals surface area contributed by atoms with Crippen LogP contribution in [-0.2, 0) is 26.2 Å². The Hall–Kier alpha value is -3.63. The number of nitrogens with one attached hydrogen (secondary N) is 1. The Bertz CT molecular complexity index is 1400. The van der Waals surface area contributed by atoms with Crippen LogP contribution in [0.25, 0.3) is 0 Å². The summed E-state index contributed by atoms with van der Waals surface area (Å²) in [6.07, 6.45) is 0. The van der Waals surface area contributed by atoms with Crippen molar-refractivity contribution in [1.82, 2.24) is 10.2 Å². The molecule has 214 valence electrons. The summed E-state index contributed by atoms with van der Waals surface area (Å²) in [5, 5.41) is 3.15. The van der Waals surface area contributed by atoms with Crippen molar-refractivity contribution in [2.75, 3.05) is 17.5 Å². The Kier molecular flexibility index (Phi) is 10.5. The van der Waals surface area contributed by atoms with E-state index in [1.54, 1.807) is 45.0 Å². The summed E-state index contributed by atoms with van der Waals surface area (Å²) in [6, 6.07) is 16.4. The lowest BCUT2D eigenvalue weighted by molar-refractivity contribution is -0.139. The minimum absolute atomic E-state index is 0.0378. The first-order chi connectivity index (χ1) is 18.9. The molecule has 0 unspecified atom stereocenters. The minimum atomic E-state index is -4.23. The molecule has 1 N–H and O–H groups in total. The largest absolute Gasteiger partial charge is 0.494 e. The Labute approximate surface area is 239 Å². The van der Waals surface area contributed by atoms with Gasteiger partial charge in [0.1, 0.15) is 24.2 Å². The molecule has 0 heterocycles. The summed E-state index contributed by atoms with van der Waals surface area (Å²) >= 11 is 5.97. The quantitative estimate of drug-likeness (QED) is 0.320. The van der Waals surface area contributed by atoms with Crippen LogP contribution in [0, 0.1) is 5.82 Å². The molecule has 1 atom stereocenters. The molecular weight excluding hydrogens is 557 g/mol. The van der Waals surface area contributed by atoms with Gasteiger partial charge in [-0.05, 0) is 93.9 Å². The van der Waals surface area contributed by atoms with Crippen LogP contribution in [0.5, 0.6) is 5.75 Å². The molecule has 0 saturated heterocycles. The van der Waals surface area contributed by atoms with E-state index >= 15 is 0 Å². The standard InChI is InChI=1S/C29H33ClFN3O5S/c1-5-39-26-14-12-25(13-15-26)34(40(37,38)27-16-8-23(30)9-17-27)19-28(35)33(21(4)29(36)32-20(2)3)18-22-6-10-24(31)11-7-22/h6-17,20-21H,5,18-19H2,1-4H3,(H,32,36)/t21-/m1/s1. The van der Waals surface area contributed by atoms with Gasteiger partial charge >= 0.3 is 0 Å². The van der Waals surface area contributed by atoms with Gasteiger partial charge < -0.3 is 15.0 Å². The monoisotopic (exact) mass is 589 g/mol. The Morgan fingerprint density at radius 2 is 1.55 bits per heavy atom. The molecule has 3 aromatic carbocycles. The fraction of sp³-hybridized carbons (Fsp3) is 0.310. The molecule has 8 nitrogen and oxygen atoms in total. The fourth-order valence-electron chi connectivity index (χ4n) is 3.91. The van der Waals surface area contributed by atoms with Crippen LogP contribution >= 0.6 is 11.6 Å². The average molecular weight is 590 g/mol. The molecule has 0 saturated carbocycles. The van der Waals surface area contributed by atoms with Gasteiger partial charge in [0, 0.05) is 17.6 Å². The number of hydrogen-bond donors (Lipinski definition) is 1. The van der Waals surface area contributed by atoms with Crippen molar-refractivity contribution in [1.29, 1.82) is 0 Å². The molecule has 3 rings (SSSR count). The van der Waals surface area contributed by atoms with E-state index in [4.69, 9.17) is 16.3 Å². The third-order valence-corrected chi connectivity index (χ3v) is 8.02. The number of nitrogens with zero attached hydrogens (tertiary/aromatic N) is 2. The first-order valence-electron chi connectivity index (χ1n) is 12.8. The molecule has 0 radical (unpaired) electrons. The normalized spacial score (nSPS) is 12.1. The van der Waals surface area contributed by atoms with Crippen molar-refractivity contribution >= 4 is 39.1 Å². The molecule has 40 heavy (non-hydrogen) atoms. The maximum atomic E-state index is 13.9. The highest BCUT2D eigenvalue weighted by Crippen LogP contribution is 2.27. The number of carbonyl (C=O) groups is 2. The summed E-state index contributed by atoms with van der Waals surface area (Å²) < 4.78 is 47.6. The zero-order valence-electron chi connectivity index (χ0n) is 22.8. The van der Waals surface area contributed by atoms with Crippen LogP contribution in [-0.4, -0.2) is 50.4 Å². The molecule has 0 aliphatic carbocycles. The number of amides is 2. The molecular formula is C29H33ClFN3O5S. The Morgan fingerprint density at radius 1 is 0.950 bits per heavy atom. The van der Waals surface area contributed by atoms with E-state index in [-0.39, 0.29) is 23.2 Å². The van der Waals surface area contributed by atoms with Gasteiger partial charge in [0.2, 0.25) is 11.8 Å². The summed E-state index contributed by atoms with van der Waals surface area (Å²) in [5.41, 5.74) is 0.805. The van der Waals surface area contributed by atoms with Crippen molar-refractivity contribution in [3.8, 4) is 5.75 Å². The minimum Gasteiger partial charge on any atom is -0.494 e. The van der Waals surface area contributed by atoms with Gasteiger partial charge in [0.25, 0.3) is 10.0 Å². The number of halogens is 2. The van der Waals surface area contributed by atoms with Crippen LogP contribution in [0.2, 0.25) is 5.02 Å². The second-order valence-electron chi connectivity index (χ2n) is 9.38. The SMILES string of the molecule is CCOc1ccc(N(CC(=O)N(Cc2ccc(F)cc2)[C@H](C)C(=O)NC(C)C)S(=O)(=O)c2ccc(Cl)cc2)cc1.